The highest BCUT2D eigenvalue weighted by molar-refractivity contribution is 5.88. The molecule has 0 radical (unpaired) electrons. The highest BCUT2D eigenvalue weighted by atomic mass is 16.5. The Morgan fingerprint density at radius 3 is 2.46 bits per heavy atom. The van der Waals surface area contributed by atoms with Crippen molar-refractivity contribution in [2.75, 3.05) is 37.6 Å². The van der Waals surface area contributed by atoms with Crippen molar-refractivity contribution in [1.82, 2.24) is 24.6 Å². The number of ether oxygens (including phenoxy) is 1. The van der Waals surface area contributed by atoms with Gasteiger partial charge in [-0.05, 0) is 35.0 Å². The lowest BCUT2D eigenvalue weighted by atomic mass is 10.1. The third-order valence-electron chi connectivity index (χ3n) is 6.32. The fourth-order valence-corrected chi connectivity index (χ4v) is 4.54. The van der Waals surface area contributed by atoms with Gasteiger partial charge in [0.25, 0.3) is 0 Å². The molecule has 8 heteroatoms. The molecule has 1 saturated heterocycles. The largest absolute Gasteiger partial charge is 0.426 e. The second kappa shape index (κ2) is 9.15. The van der Waals surface area contributed by atoms with Gasteiger partial charge in [-0.25, -0.2) is 14.6 Å². The minimum absolute atomic E-state index is 0.248. The Hall–Kier alpha value is -4.30. The molecule has 3 aromatic carbocycles. The molecule has 3 heterocycles. The standard InChI is InChI=1S/C27H24N6O2/c34-25(35-23-11-10-20-6-4-5-7-21(20)16-23)18-31-12-14-32(15-13-31)26-24-17-30-33(27(24)29-19-28-26)22-8-2-1-3-9-22/h1-11,16-17,19H,12-15,18H2. The molecule has 0 N–H and O–H groups in total. The summed E-state index contributed by atoms with van der Waals surface area (Å²) in [5, 5.41) is 7.64. The van der Waals surface area contributed by atoms with Gasteiger partial charge >= 0.3 is 5.97 Å². The molecule has 1 aliphatic rings. The van der Waals surface area contributed by atoms with Gasteiger partial charge in [0, 0.05) is 26.2 Å². The van der Waals surface area contributed by atoms with Crippen LogP contribution in [0.25, 0.3) is 27.5 Å². The number of anilines is 1. The number of fused-ring (bicyclic) bond motifs is 2. The lowest BCUT2D eigenvalue weighted by molar-refractivity contribution is -0.135. The first-order valence-electron chi connectivity index (χ1n) is 11.7. The third kappa shape index (κ3) is 4.31. The lowest BCUT2D eigenvalue weighted by Crippen LogP contribution is -2.48. The van der Waals surface area contributed by atoms with Crippen LogP contribution in [-0.2, 0) is 4.79 Å². The SMILES string of the molecule is O=C(CN1CCN(c2ncnc3c2cnn3-c2ccccc2)CC1)Oc1ccc2ccccc2c1. The summed E-state index contributed by atoms with van der Waals surface area (Å²) in [5.74, 6) is 1.20. The smallest absolute Gasteiger partial charge is 0.325 e. The number of benzene rings is 3. The molecule has 6 rings (SSSR count). The molecule has 1 aliphatic heterocycles. The van der Waals surface area contributed by atoms with E-state index in [4.69, 9.17) is 4.74 Å². The molecule has 0 amide bonds. The summed E-state index contributed by atoms with van der Waals surface area (Å²) in [6.07, 6.45) is 3.41. The van der Waals surface area contributed by atoms with Crippen LogP contribution in [-0.4, -0.2) is 63.3 Å². The quantitative estimate of drug-likeness (QED) is 0.290. The molecule has 0 saturated carbocycles. The van der Waals surface area contributed by atoms with Crippen LogP contribution in [0.2, 0.25) is 0 Å². The Bertz CT molecular complexity index is 1490. The van der Waals surface area contributed by atoms with Gasteiger partial charge in [-0.1, -0.05) is 48.5 Å². The van der Waals surface area contributed by atoms with Crippen LogP contribution in [0.3, 0.4) is 0 Å². The van der Waals surface area contributed by atoms with Gasteiger partial charge in [0.2, 0.25) is 0 Å². The fraction of sp³-hybridized carbons (Fsp3) is 0.185. The number of piperazine rings is 1. The predicted molar refractivity (Wildman–Crippen MR) is 135 cm³/mol. The number of carbonyl (C=O) groups excluding carboxylic acids is 1. The molecule has 174 valence electrons. The van der Waals surface area contributed by atoms with Crippen molar-refractivity contribution in [1.29, 1.82) is 0 Å². The molecule has 0 aliphatic carbocycles. The molecule has 0 bridgehead atoms. The molecule has 2 aromatic heterocycles. The first-order valence-corrected chi connectivity index (χ1v) is 11.7. The summed E-state index contributed by atoms with van der Waals surface area (Å²) in [7, 11) is 0. The van der Waals surface area contributed by atoms with Gasteiger partial charge in [-0.2, -0.15) is 5.10 Å². The zero-order valence-electron chi connectivity index (χ0n) is 19.1. The molecule has 8 nitrogen and oxygen atoms in total. The van der Waals surface area contributed by atoms with Gasteiger partial charge in [0.15, 0.2) is 5.65 Å². The van der Waals surface area contributed by atoms with Gasteiger partial charge in [-0.3, -0.25) is 9.69 Å². The van der Waals surface area contributed by atoms with E-state index in [9.17, 15) is 4.79 Å². The normalized spacial score (nSPS) is 14.5. The Labute approximate surface area is 202 Å². The average molecular weight is 465 g/mol. The van der Waals surface area contributed by atoms with Crippen LogP contribution in [0.4, 0.5) is 5.82 Å². The predicted octanol–water partition coefficient (Wildman–Crippen LogP) is 3.70. The maximum atomic E-state index is 12.6. The van der Waals surface area contributed by atoms with E-state index < -0.39 is 0 Å². The third-order valence-corrected chi connectivity index (χ3v) is 6.32. The minimum Gasteiger partial charge on any atom is -0.426 e. The number of carbonyl (C=O) groups is 1. The van der Waals surface area contributed by atoms with Crippen molar-refractivity contribution in [2.45, 2.75) is 0 Å². The van der Waals surface area contributed by atoms with Crippen LogP contribution < -0.4 is 9.64 Å². The lowest BCUT2D eigenvalue weighted by Gasteiger charge is -2.34. The molecule has 0 unspecified atom stereocenters. The molecular formula is C27H24N6O2. The Morgan fingerprint density at radius 1 is 0.857 bits per heavy atom. The second-order valence-corrected chi connectivity index (χ2v) is 8.57. The summed E-state index contributed by atoms with van der Waals surface area (Å²) in [6, 6.07) is 23.7. The van der Waals surface area contributed by atoms with Crippen molar-refractivity contribution >= 4 is 33.6 Å². The highest BCUT2D eigenvalue weighted by Gasteiger charge is 2.23. The van der Waals surface area contributed by atoms with E-state index >= 15 is 0 Å². The minimum atomic E-state index is -0.248. The van der Waals surface area contributed by atoms with E-state index in [-0.39, 0.29) is 12.5 Å². The van der Waals surface area contributed by atoms with Crippen molar-refractivity contribution in [3.63, 3.8) is 0 Å². The van der Waals surface area contributed by atoms with Gasteiger partial charge < -0.3 is 9.64 Å². The van der Waals surface area contributed by atoms with Crippen LogP contribution >= 0.6 is 0 Å². The maximum Gasteiger partial charge on any atom is 0.325 e. The fourth-order valence-electron chi connectivity index (χ4n) is 4.54. The highest BCUT2D eigenvalue weighted by Crippen LogP contribution is 2.25. The number of hydrogen-bond acceptors (Lipinski definition) is 7. The van der Waals surface area contributed by atoms with E-state index in [2.05, 4.69) is 24.9 Å². The Morgan fingerprint density at radius 2 is 1.63 bits per heavy atom. The molecule has 0 atom stereocenters. The van der Waals surface area contributed by atoms with E-state index in [0.717, 1.165) is 59.5 Å². The second-order valence-electron chi connectivity index (χ2n) is 8.57. The number of esters is 1. The van der Waals surface area contributed by atoms with Gasteiger partial charge in [0.1, 0.15) is 17.9 Å². The Kier molecular flexibility index (Phi) is 5.56. The molecule has 0 spiro atoms. The number of rotatable bonds is 5. The van der Waals surface area contributed by atoms with Gasteiger partial charge in [0.05, 0.1) is 23.8 Å². The first kappa shape index (κ1) is 21.2. The zero-order chi connectivity index (χ0) is 23.6. The van der Waals surface area contributed by atoms with Crippen LogP contribution in [0.1, 0.15) is 0 Å². The van der Waals surface area contributed by atoms with Crippen LogP contribution in [0.5, 0.6) is 5.75 Å². The number of aromatic nitrogens is 4. The van der Waals surface area contributed by atoms with E-state index in [1.807, 2.05) is 83.7 Å². The van der Waals surface area contributed by atoms with Crippen molar-refractivity contribution in [3.05, 3.63) is 85.3 Å². The van der Waals surface area contributed by atoms with Crippen LogP contribution in [0.15, 0.2) is 85.3 Å². The summed E-state index contributed by atoms with van der Waals surface area (Å²) in [4.78, 5) is 25.9. The maximum absolute atomic E-state index is 12.6. The molecule has 35 heavy (non-hydrogen) atoms. The number of para-hydroxylation sites is 1. The number of nitrogens with zero attached hydrogens (tertiary/aromatic N) is 6. The van der Waals surface area contributed by atoms with Crippen molar-refractivity contribution < 1.29 is 9.53 Å². The molecule has 1 fully saturated rings. The number of hydrogen-bond donors (Lipinski definition) is 0. The average Bonchev–Trinajstić information content (AvgIpc) is 3.34. The first-order chi connectivity index (χ1) is 17.2. The summed E-state index contributed by atoms with van der Waals surface area (Å²) in [6.45, 7) is 3.25. The summed E-state index contributed by atoms with van der Waals surface area (Å²) >= 11 is 0. The van der Waals surface area contributed by atoms with E-state index in [1.54, 1.807) is 6.33 Å². The van der Waals surface area contributed by atoms with Crippen molar-refractivity contribution in [2.24, 2.45) is 0 Å². The molecular weight excluding hydrogens is 440 g/mol. The van der Waals surface area contributed by atoms with Crippen molar-refractivity contribution in [3.8, 4) is 11.4 Å². The molecule has 5 aromatic rings. The topological polar surface area (TPSA) is 76.4 Å². The summed E-state index contributed by atoms with van der Waals surface area (Å²) < 4.78 is 7.45. The van der Waals surface area contributed by atoms with Crippen LogP contribution in [0, 0.1) is 0 Å². The van der Waals surface area contributed by atoms with E-state index in [1.165, 1.54) is 0 Å². The van der Waals surface area contributed by atoms with E-state index in [0.29, 0.717) is 5.75 Å². The summed E-state index contributed by atoms with van der Waals surface area (Å²) in [5.41, 5.74) is 1.74. The zero-order valence-corrected chi connectivity index (χ0v) is 19.1. The monoisotopic (exact) mass is 464 g/mol. The van der Waals surface area contributed by atoms with Gasteiger partial charge in [-0.15, -0.1) is 0 Å². The Balaban J connectivity index is 1.10.